The fraction of sp³-hybridized carbons (Fsp3) is 0.929. The predicted molar refractivity (Wildman–Crippen MR) is 72.0 cm³/mol. The Kier molecular flexibility index (Phi) is 6.30. The van der Waals surface area contributed by atoms with Crippen molar-refractivity contribution in [2.75, 3.05) is 19.6 Å². The first-order chi connectivity index (χ1) is 9.24. The van der Waals surface area contributed by atoms with Gasteiger partial charge in [0.25, 0.3) is 0 Å². The Bertz CT molecular complexity index is 310. The van der Waals surface area contributed by atoms with Crippen molar-refractivity contribution >= 4 is 5.91 Å². The van der Waals surface area contributed by atoms with Gasteiger partial charge < -0.3 is 10.6 Å². The van der Waals surface area contributed by atoms with E-state index in [-0.39, 0.29) is 37.8 Å². The minimum Gasteiger partial charge on any atom is -0.343 e. The zero-order valence-corrected chi connectivity index (χ0v) is 12.2. The summed E-state index contributed by atoms with van der Waals surface area (Å²) in [6.07, 6.45) is -2.86. The van der Waals surface area contributed by atoms with Crippen LogP contribution in [0.5, 0.6) is 0 Å². The number of hydrogen-bond acceptors (Lipinski definition) is 2. The van der Waals surface area contributed by atoms with Gasteiger partial charge in [0.1, 0.15) is 0 Å². The summed E-state index contributed by atoms with van der Waals surface area (Å²) in [5, 5.41) is 0. The van der Waals surface area contributed by atoms with Crippen molar-refractivity contribution < 1.29 is 18.0 Å². The van der Waals surface area contributed by atoms with E-state index in [2.05, 4.69) is 13.8 Å². The molecule has 1 rings (SSSR count). The predicted octanol–water partition coefficient (Wildman–Crippen LogP) is 2.80. The van der Waals surface area contributed by atoms with Crippen LogP contribution in [0, 0.1) is 17.8 Å². The highest BCUT2D eigenvalue weighted by Crippen LogP contribution is 2.34. The molecule has 1 fully saturated rings. The number of rotatable bonds is 5. The van der Waals surface area contributed by atoms with Gasteiger partial charge in [-0.25, -0.2) is 0 Å². The van der Waals surface area contributed by atoms with Gasteiger partial charge in [0.15, 0.2) is 0 Å². The third-order valence-corrected chi connectivity index (χ3v) is 3.91. The van der Waals surface area contributed by atoms with Crippen LogP contribution >= 0.6 is 0 Å². The molecule has 0 aromatic rings. The van der Waals surface area contributed by atoms with Crippen molar-refractivity contribution in [2.45, 2.75) is 45.7 Å². The van der Waals surface area contributed by atoms with Gasteiger partial charge in [-0.05, 0) is 37.6 Å². The first-order valence-corrected chi connectivity index (χ1v) is 7.28. The van der Waals surface area contributed by atoms with Gasteiger partial charge in [-0.15, -0.1) is 0 Å². The van der Waals surface area contributed by atoms with Gasteiger partial charge in [0, 0.05) is 19.5 Å². The SMILES string of the molecule is CC(C)CC(CN)CC(=O)N1CCC(C(F)(F)F)CC1. The standard InChI is InChI=1S/C14H25F3N2O/c1-10(2)7-11(9-18)8-13(20)19-5-3-12(4-6-19)14(15,16)17/h10-12H,3-9,18H2,1-2H3. The van der Waals surface area contributed by atoms with Crippen LogP contribution < -0.4 is 5.73 Å². The van der Waals surface area contributed by atoms with Crippen molar-refractivity contribution in [1.29, 1.82) is 0 Å². The van der Waals surface area contributed by atoms with Crippen LogP contribution in [0.25, 0.3) is 0 Å². The first-order valence-electron chi connectivity index (χ1n) is 7.28. The Hall–Kier alpha value is -0.780. The Morgan fingerprint density at radius 2 is 1.85 bits per heavy atom. The molecule has 1 saturated heterocycles. The van der Waals surface area contributed by atoms with Crippen LogP contribution in [0.15, 0.2) is 0 Å². The van der Waals surface area contributed by atoms with Crippen molar-refractivity contribution in [3.05, 3.63) is 0 Å². The number of alkyl halides is 3. The molecule has 1 aliphatic heterocycles. The Morgan fingerprint density at radius 3 is 2.25 bits per heavy atom. The molecule has 0 bridgehead atoms. The van der Waals surface area contributed by atoms with Crippen LogP contribution in [0.4, 0.5) is 13.2 Å². The molecule has 2 N–H and O–H groups in total. The molecule has 20 heavy (non-hydrogen) atoms. The minimum absolute atomic E-state index is 0.0205. The molecule has 118 valence electrons. The average Bonchev–Trinajstić information content (AvgIpc) is 2.36. The van der Waals surface area contributed by atoms with Gasteiger partial charge in [0.2, 0.25) is 5.91 Å². The van der Waals surface area contributed by atoms with E-state index in [1.165, 1.54) is 0 Å². The minimum atomic E-state index is -4.13. The van der Waals surface area contributed by atoms with Crippen molar-refractivity contribution in [2.24, 2.45) is 23.5 Å². The van der Waals surface area contributed by atoms with E-state index < -0.39 is 12.1 Å². The highest BCUT2D eigenvalue weighted by Gasteiger charge is 2.41. The number of nitrogens with zero attached hydrogens (tertiary/aromatic N) is 1. The quantitative estimate of drug-likeness (QED) is 0.847. The first kappa shape index (κ1) is 17.3. The smallest absolute Gasteiger partial charge is 0.343 e. The van der Waals surface area contributed by atoms with Crippen LogP contribution in [0.1, 0.15) is 39.5 Å². The number of hydrogen-bond donors (Lipinski definition) is 1. The van der Waals surface area contributed by atoms with Gasteiger partial charge in [0.05, 0.1) is 5.92 Å². The van der Waals surface area contributed by atoms with Crippen LogP contribution in [0.2, 0.25) is 0 Å². The number of amides is 1. The Morgan fingerprint density at radius 1 is 1.30 bits per heavy atom. The Labute approximate surface area is 118 Å². The molecule has 1 unspecified atom stereocenters. The van der Waals surface area contributed by atoms with Gasteiger partial charge in [-0.3, -0.25) is 4.79 Å². The monoisotopic (exact) mass is 294 g/mol. The van der Waals surface area contributed by atoms with Crippen LogP contribution in [-0.4, -0.2) is 36.6 Å². The number of halogens is 3. The van der Waals surface area contributed by atoms with Gasteiger partial charge >= 0.3 is 6.18 Å². The molecule has 1 aliphatic rings. The van der Waals surface area contributed by atoms with E-state index in [1.807, 2.05) is 0 Å². The highest BCUT2D eigenvalue weighted by atomic mass is 19.4. The summed E-state index contributed by atoms with van der Waals surface area (Å²) in [6, 6.07) is 0. The molecule has 0 aromatic carbocycles. The maximum atomic E-state index is 12.6. The lowest BCUT2D eigenvalue weighted by Gasteiger charge is -2.33. The third-order valence-electron chi connectivity index (χ3n) is 3.91. The lowest BCUT2D eigenvalue weighted by molar-refractivity contribution is -0.186. The van der Waals surface area contributed by atoms with E-state index in [9.17, 15) is 18.0 Å². The summed E-state index contributed by atoms with van der Waals surface area (Å²) in [7, 11) is 0. The topological polar surface area (TPSA) is 46.3 Å². The second-order valence-electron chi connectivity index (χ2n) is 6.13. The van der Waals surface area contributed by atoms with Gasteiger partial charge in [-0.2, -0.15) is 13.2 Å². The molecule has 0 aromatic heterocycles. The number of nitrogens with two attached hydrogens (primary N) is 1. The molecule has 3 nitrogen and oxygen atoms in total. The van der Waals surface area contributed by atoms with Crippen LogP contribution in [-0.2, 0) is 4.79 Å². The van der Waals surface area contributed by atoms with E-state index in [0.29, 0.717) is 18.9 Å². The molecule has 1 heterocycles. The maximum absolute atomic E-state index is 12.6. The molecule has 0 saturated carbocycles. The molecule has 0 spiro atoms. The fourth-order valence-corrected chi connectivity index (χ4v) is 2.76. The second kappa shape index (κ2) is 7.29. The zero-order valence-electron chi connectivity index (χ0n) is 12.2. The highest BCUT2D eigenvalue weighted by molar-refractivity contribution is 5.76. The summed E-state index contributed by atoms with van der Waals surface area (Å²) in [5.74, 6) is -0.718. The number of likely N-dealkylation sites (tertiary alicyclic amines) is 1. The summed E-state index contributed by atoms with van der Waals surface area (Å²) in [4.78, 5) is 13.7. The van der Waals surface area contributed by atoms with Gasteiger partial charge in [-0.1, -0.05) is 13.8 Å². The number of carbonyl (C=O) groups is 1. The summed E-state index contributed by atoms with van der Waals surface area (Å²) < 4.78 is 37.7. The maximum Gasteiger partial charge on any atom is 0.391 e. The summed E-state index contributed by atoms with van der Waals surface area (Å²) in [5.41, 5.74) is 5.66. The number of carbonyl (C=O) groups excluding carboxylic acids is 1. The summed E-state index contributed by atoms with van der Waals surface area (Å²) >= 11 is 0. The molecule has 0 radical (unpaired) electrons. The lowest BCUT2D eigenvalue weighted by atomic mass is 9.92. The largest absolute Gasteiger partial charge is 0.391 e. The molecular weight excluding hydrogens is 269 g/mol. The summed E-state index contributed by atoms with van der Waals surface area (Å²) in [6.45, 7) is 5.01. The lowest BCUT2D eigenvalue weighted by Crippen LogP contribution is -2.43. The van der Waals surface area contributed by atoms with E-state index in [0.717, 1.165) is 6.42 Å². The molecule has 1 amide bonds. The normalized spacial score (nSPS) is 19.4. The van der Waals surface area contributed by atoms with Crippen molar-refractivity contribution in [3.8, 4) is 0 Å². The van der Waals surface area contributed by atoms with E-state index in [4.69, 9.17) is 5.73 Å². The molecular formula is C14H25F3N2O. The molecule has 0 aliphatic carbocycles. The van der Waals surface area contributed by atoms with Crippen molar-refractivity contribution in [3.63, 3.8) is 0 Å². The average molecular weight is 294 g/mol. The van der Waals surface area contributed by atoms with E-state index in [1.54, 1.807) is 4.90 Å². The van der Waals surface area contributed by atoms with Crippen LogP contribution in [0.3, 0.4) is 0 Å². The number of piperidine rings is 1. The third kappa shape index (κ3) is 5.31. The van der Waals surface area contributed by atoms with Crippen molar-refractivity contribution in [1.82, 2.24) is 4.90 Å². The van der Waals surface area contributed by atoms with E-state index >= 15 is 0 Å². The fourth-order valence-electron chi connectivity index (χ4n) is 2.76. The molecule has 1 atom stereocenters. The second-order valence-corrected chi connectivity index (χ2v) is 6.13. The zero-order chi connectivity index (χ0) is 15.3. The Balaban J connectivity index is 2.42. The molecule has 6 heteroatoms.